The number of nitrogens with one attached hydrogen (secondary N) is 2. The predicted octanol–water partition coefficient (Wildman–Crippen LogP) is 2.74. The van der Waals surface area contributed by atoms with Crippen LogP contribution in [0, 0.1) is 11.3 Å². The Morgan fingerprint density at radius 2 is 2.00 bits per heavy atom. The highest BCUT2D eigenvalue weighted by atomic mass is 79.9. The molecule has 2 aromatic rings. The van der Waals surface area contributed by atoms with Crippen LogP contribution >= 0.6 is 15.9 Å². The van der Waals surface area contributed by atoms with Crippen LogP contribution in [-0.4, -0.2) is 5.91 Å². The van der Waals surface area contributed by atoms with E-state index in [1.165, 1.54) is 0 Å². The minimum Gasteiger partial charge on any atom is -0.460 e. The molecule has 1 aromatic carbocycles. The Balaban J connectivity index is 1.91. The van der Waals surface area contributed by atoms with Gasteiger partial charge in [0.05, 0.1) is 12.6 Å². The van der Waals surface area contributed by atoms with Gasteiger partial charge in [0.25, 0.3) is 0 Å². The summed E-state index contributed by atoms with van der Waals surface area (Å²) in [6.07, 6.45) is -0.171. The van der Waals surface area contributed by atoms with Crippen molar-refractivity contribution in [2.75, 3.05) is 0 Å². The largest absolute Gasteiger partial charge is 0.460 e. The molecule has 5 nitrogen and oxygen atoms in total. The monoisotopic (exact) mass is 333 g/mol. The second-order valence-corrected chi connectivity index (χ2v) is 4.93. The summed E-state index contributed by atoms with van der Waals surface area (Å²) in [5, 5.41) is 8.34. The van der Waals surface area contributed by atoms with Crippen molar-refractivity contribution in [3.8, 4) is 17.4 Å². The van der Waals surface area contributed by atoms with Gasteiger partial charge >= 0.3 is 0 Å². The molecule has 1 heterocycles. The van der Waals surface area contributed by atoms with Crippen LogP contribution in [0.2, 0.25) is 0 Å². The quantitative estimate of drug-likeness (QED) is 0.824. The third kappa shape index (κ3) is 3.95. The van der Waals surface area contributed by atoms with Crippen molar-refractivity contribution >= 4 is 21.8 Å². The number of hydrazine groups is 1. The SMILES string of the molecule is N#CCC(=O)NNCc1ccc(-c2ccc(Br)cc2)o1. The summed E-state index contributed by atoms with van der Waals surface area (Å²) in [5.74, 6) is 1.09. The maximum absolute atomic E-state index is 11.1. The van der Waals surface area contributed by atoms with Crippen LogP contribution in [-0.2, 0) is 11.3 Å². The third-order valence-electron chi connectivity index (χ3n) is 2.52. The van der Waals surface area contributed by atoms with Gasteiger partial charge in [0.1, 0.15) is 17.9 Å². The standard InChI is InChI=1S/C14H12BrN3O2/c15-11-3-1-10(2-4-11)13-6-5-12(20-13)9-17-18-14(19)7-8-16/h1-6,17H,7,9H2,(H,18,19). The first-order valence-corrected chi connectivity index (χ1v) is 6.71. The molecular weight excluding hydrogens is 322 g/mol. The minimum atomic E-state index is -0.368. The number of rotatable bonds is 5. The lowest BCUT2D eigenvalue weighted by atomic mass is 10.2. The maximum Gasteiger partial charge on any atom is 0.248 e. The van der Waals surface area contributed by atoms with Crippen molar-refractivity contribution in [2.45, 2.75) is 13.0 Å². The number of hydrogen-bond donors (Lipinski definition) is 2. The summed E-state index contributed by atoms with van der Waals surface area (Å²) in [5.41, 5.74) is 6.10. The average molecular weight is 334 g/mol. The molecular formula is C14H12BrN3O2. The first-order chi connectivity index (χ1) is 9.69. The fourth-order valence-corrected chi connectivity index (χ4v) is 1.85. The van der Waals surface area contributed by atoms with Gasteiger partial charge in [-0.15, -0.1) is 0 Å². The van der Waals surface area contributed by atoms with E-state index in [0.29, 0.717) is 12.3 Å². The predicted molar refractivity (Wildman–Crippen MR) is 77.1 cm³/mol. The first-order valence-electron chi connectivity index (χ1n) is 5.92. The van der Waals surface area contributed by atoms with Crippen molar-refractivity contribution in [3.63, 3.8) is 0 Å². The molecule has 0 aliphatic rings. The van der Waals surface area contributed by atoms with Gasteiger partial charge in [0, 0.05) is 10.0 Å². The first kappa shape index (κ1) is 14.3. The van der Waals surface area contributed by atoms with Crippen LogP contribution in [0.5, 0.6) is 0 Å². The van der Waals surface area contributed by atoms with Crippen molar-refractivity contribution in [3.05, 3.63) is 46.6 Å². The molecule has 0 unspecified atom stereocenters. The van der Waals surface area contributed by atoms with Crippen LogP contribution < -0.4 is 10.9 Å². The van der Waals surface area contributed by atoms with Crippen molar-refractivity contribution in [1.29, 1.82) is 5.26 Å². The fourth-order valence-electron chi connectivity index (χ4n) is 1.59. The highest BCUT2D eigenvalue weighted by Crippen LogP contribution is 2.23. The van der Waals surface area contributed by atoms with Gasteiger partial charge in [-0.05, 0) is 24.3 Å². The fraction of sp³-hybridized carbons (Fsp3) is 0.143. The van der Waals surface area contributed by atoms with Crippen molar-refractivity contribution in [2.24, 2.45) is 0 Å². The number of halogens is 1. The molecule has 20 heavy (non-hydrogen) atoms. The molecule has 0 saturated carbocycles. The lowest BCUT2D eigenvalue weighted by Gasteiger charge is -2.03. The molecule has 0 bridgehead atoms. The van der Waals surface area contributed by atoms with E-state index >= 15 is 0 Å². The molecule has 6 heteroatoms. The molecule has 0 atom stereocenters. The molecule has 102 valence electrons. The number of hydrogen-bond acceptors (Lipinski definition) is 4. The molecule has 0 spiro atoms. The highest BCUT2D eigenvalue weighted by molar-refractivity contribution is 9.10. The summed E-state index contributed by atoms with van der Waals surface area (Å²) >= 11 is 3.38. The summed E-state index contributed by atoms with van der Waals surface area (Å²) in [7, 11) is 0. The van der Waals surface area contributed by atoms with Gasteiger partial charge in [0.2, 0.25) is 5.91 Å². The van der Waals surface area contributed by atoms with E-state index in [9.17, 15) is 4.79 Å². The van der Waals surface area contributed by atoms with E-state index in [2.05, 4.69) is 26.8 Å². The molecule has 0 radical (unpaired) electrons. The Labute approximate surface area is 124 Å². The average Bonchev–Trinajstić information content (AvgIpc) is 2.89. The summed E-state index contributed by atoms with van der Waals surface area (Å²) in [4.78, 5) is 11.1. The van der Waals surface area contributed by atoms with Crippen molar-refractivity contribution in [1.82, 2.24) is 10.9 Å². The topological polar surface area (TPSA) is 78.1 Å². The molecule has 1 aromatic heterocycles. The third-order valence-corrected chi connectivity index (χ3v) is 3.05. The molecule has 2 rings (SSSR count). The number of carbonyl (C=O) groups is 1. The molecule has 0 aliphatic heterocycles. The number of amides is 1. The van der Waals surface area contributed by atoms with Gasteiger partial charge in [0.15, 0.2) is 0 Å². The Kier molecular flexibility index (Phi) is 4.93. The van der Waals surface area contributed by atoms with E-state index < -0.39 is 0 Å². The van der Waals surface area contributed by atoms with Gasteiger partial charge in [-0.2, -0.15) is 5.26 Å². The number of furan rings is 1. The number of carbonyl (C=O) groups excluding carboxylic acids is 1. The molecule has 0 aliphatic carbocycles. The van der Waals surface area contributed by atoms with E-state index in [0.717, 1.165) is 15.8 Å². The maximum atomic E-state index is 11.1. The summed E-state index contributed by atoms with van der Waals surface area (Å²) < 4.78 is 6.67. The summed E-state index contributed by atoms with van der Waals surface area (Å²) in [6, 6.07) is 13.3. The Bertz CT molecular complexity index is 629. The Morgan fingerprint density at radius 3 is 2.70 bits per heavy atom. The zero-order valence-electron chi connectivity index (χ0n) is 10.5. The second kappa shape index (κ2) is 6.89. The van der Waals surface area contributed by atoms with Crippen LogP contribution in [0.15, 0.2) is 45.3 Å². The van der Waals surface area contributed by atoms with Crippen LogP contribution in [0.25, 0.3) is 11.3 Å². The number of nitriles is 1. The lowest BCUT2D eigenvalue weighted by molar-refractivity contribution is -0.121. The van der Waals surface area contributed by atoms with E-state index in [1.807, 2.05) is 36.4 Å². The summed E-state index contributed by atoms with van der Waals surface area (Å²) in [6.45, 7) is 0.355. The normalized spacial score (nSPS) is 10.0. The minimum absolute atomic E-state index is 0.171. The number of nitrogens with zero attached hydrogens (tertiary/aromatic N) is 1. The molecule has 2 N–H and O–H groups in total. The Morgan fingerprint density at radius 1 is 1.25 bits per heavy atom. The lowest BCUT2D eigenvalue weighted by Crippen LogP contribution is -2.36. The molecule has 1 amide bonds. The van der Waals surface area contributed by atoms with Crippen LogP contribution in [0.4, 0.5) is 0 Å². The van der Waals surface area contributed by atoms with Crippen LogP contribution in [0.1, 0.15) is 12.2 Å². The number of benzene rings is 1. The van der Waals surface area contributed by atoms with E-state index in [-0.39, 0.29) is 12.3 Å². The highest BCUT2D eigenvalue weighted by Gasteiger charge is 2.05. The molecule has 0 fully saturated rings. The van der Waals surface area contributed by atoms with Gasteiger partial charge < -0.3 is 4.42 Å². The smallest absolute Gasteiger partial charge is 0.248 e. The van der Waals surface area contributed by atoms with Gasteiger partial charge in [-0.25, -0.2) is 5.43 Å². The van der Waals surface area contributed by atoms with Gasteiger partial charge in [-0.1, -0.05) is 28.1 Å². The molecule has 0 saturated heterocycles. The van der Waals surface area contributed by atoms with Crippen LogP contribution in [0.3, 0.4) is 0 Å². The van der Waals surface area contributed by atoms with E-state index in [4.69, 9.17) is 9.68 Å². The zero-order valence-corrected chi connectivity index (χ0v) is 12.1. The second-order valence-electron chi connectivity index (χ2n) is 4.01. The van der Waals surface area contributed by atoms with Gasteiger partial charge in [-0.3, -0.25) is 10.2 Å². The Hall–Kier alpha value is -2.10. The zero-order chi connectivity index (χ0) is 14.4. The van der Waals surface area contributed by atoms with E-state index in [1.54, 1.807) is 6.07 Å². The van der Waals surface area contributed by atoms with Crippen molar-refractivity contribution < 1.29 is 9.21 Å².